The lowest BCUT2D eigenvalue weighted by Crippen LogP contribution is -2.41. The van der Waals surface area contributed by atoms with Crippen LogP contribution in [0.1, 0.15) is 132 Å². The monoisotopic (exact) mass is 614 g/mol. The Bertz CT molecular complexity index is 2110. The standard InChI is InChI=1S/C47H50/c1-27(2)35-25-36-39-38(23-22-34-42(39)46(7,8)43-33-20-14-15-21-37(33)45(5,6)44(34)43)47(41(36)32-19-13-12-18-31(32)35)26-28(3)24-29(4)40(47)30-16-10-9-11-17-30/h12-15,18-27,30,40H,9-11,16-17H2,1-8H3. The molecule has 0 saturated heterocycles. The molecule has 4 aromatic rings. The molecule has 0 aromatic heterocycles. The molecule has 0 heterocycles. The first-order valence-electron chi connectivity index (χ1n) is 18.5. The van der Waals surface area contributed by atoms with Gasteiger partial charge >= 0.3 is 0 Å². The third-order valence-corrected chi connectivity index (χ3v) is 13.3. The Labute approximate surface area is 282 Å². The lowest BCUT2D eigenvalue weighted by atomic mass is 9.56. The summed E-state index contributed by atoms with van der Waals surface area (Å²) in [5.74, 6) is 1.62. The number of hydrogen-bond acceptors (Lipinski definition) is 0. The van der Waals surface area contributed by atoms with Crippen LogP contribution >= 0.6 is 0 Å². The molecule has 0 amide bonds. The highest BCUT2D eigenvalue weighted by atomic mass is 14.6. The molecule has 0 N–H and O–H groups in total. The van der Waals surface area contributed by atoms with Gasteiger partial charge < -0.3 is 0 Å². The van der Waals surface area contributed by atoms with Crippen LogP contribution in [0, 0.1) is 11.8 Å². The summed E-state index contributed by atoms with van der Waals surface area (Å²) < 4.78 is 0. The van der Waals surface area contributed by atoms with Crippen LogP contribution in [-0.2, 0) is 16.2 Å². The third kappa shape index (κ3) is 3.60. The van der Waals surface area contributed by atoms with Gasteiger partial charge in [0.05, 0.1) is 0 Å². The summed E-state index contributed by atoms with van der Waals surface area (Å²) in [6.45, 7) is 19.6. The largest absolute Gasteiger partial charge is 0.0681 e. The van der Waals surface area contributed by atoms with Gasteiger partial charge in [-0.3, -0.25) is 0 Å². The number of rotatable bonds is 2. The van der Waals surface area contributed by atoms with Gasteiger partial charge in [-0.1, -0.05) is 145 Å². The van der Waals surface area contributed by atoms with E-state index in [0.717, 1.165) is 0 Å². The van der Waals surface area contributed by atoms with E-state index >= 15 is 0 Å². The van der Waals surface area contributed by atoms with Crippen molar-refractivity contribution < 1.29 is 0 Å². The van der Waals surface area contributed by atoms with Crippen molar-refractivity contribution in [3.8, 4) is 11.1 Å². The molecule has 1 fully saturated rings. The number of benzene rings is 4. The predicted molar refractivity (Wildman–Crippen MR) is 201 cm³/mol. The van der Waals surface area contributed by atoms with E-state index in [9.17, 15) is 0 Å². The maximum Gasteiger partial charge on any atom is 0.0473 e. The molecular weight excluding hydrogens is 565 g/mol. The van der Waals surface area contributed by atoms with Crippen LogP contribution in [-0.4, -0.2) is 0 Å². The number of fused-ring (bicyclic) bond motifs is 12. The lowest BCUT2D eigenvalue weighted by molar-refractivity contribution is 0.227. The summed E-state index contributed by atoms with van der Waals surface area (Å²) >= 11 is 0. The Balaban J connectivity index is 1.43. The van der Waals surface area contributed by atoms with Crippen LogP contribution in [0.4, 0.5) is 0 Å². The van der Waals surface area contributed by atoms with Gasteiger partial charge in [0.2, 0.25) is 0 Å². The molecule has 1 saturated carbocycles. The van der Waals surface area contributed by atoms with Gasteiger partial charge in [0.25, 0.3) is 0 Å². The summed E-state index contributed by atoms with van der Waals surface area (Å²) in [5.41, 5.74) is 19.5. The first-order valence-corrected chi connectivity index (χ1v) is 18.5. The van der Waals surface area contributed by atoms with Gasteiger partial charge in [-0.25, -0.2) is 0 Å². The molecule has 47 heavy (non-hydrogen) atoms. The van der Waals surface area contributed by atoms with Crippen molar-refractivity contribution >= 4 is 21.9 Å². The zero-order valence-corrected chi connectivity index (χ0v) is 29.8. The smallest absolute Gasteiger partial charge is 0.0473 e. The molecule has 9 rings (SSSR count). The Morgan fingerprint density at radius 1 is 0.660 bits per heavy atom. The van der Waals surface area contributed by atoms with Crippen molar-refractivity contribution in [1.82, 2.24) is 0 Å². The summed E-state index contributed by atoms with van der Waals surface area (Å²) in [6.07, 6.45) is 12.1. The quantitative estimate of drug-likeness (QED) is 0.211. The fraction of sp³-hybridized carbons (Fsp3) is 0.404. The molecule has 0 aliphatic heterocycles. The van der Waals surface area contributed by atoms with E-state index in [2.05, 4.69) is 134 Å². The molecule has 0 bridgehead atoms. The topological polar surface area (TPSA) is 0 Å². The second-order valence-electron chi connectivity index (χ2n) is 17.1. The van der Waals surface area contributed by atoms with Crippen molar-refractivity contribution in [2.24, 2.45) is 11.8 Å². The highest BCUT2D eigenvalue weighted by Gasteiger charge is 2.57. The highest BCUT2D eigenvalue weighted by Crippen LogP contribution is 2.69. The van der Waals surface area contributed by atoms with Gasteiger partial charge in [0.1, 0.15) is 0 Å². The molecule has 2 atom stereocenters. The first kappa shape index (κ1) is 29.5. The van der Waals surface area contributed by atoms with Crippen LogP contribution < -0.4 is 0 Å². The SMILES string of the molecule is CC1=CC2(c3ccc4c(c3-c3cc(C(C)C)c5ccccc5c32)C(C)(C)C2=C4C(C)(C)c3ccccc32)C(C2CCCCC2)C(C)=C1. The molecule has 0 nitrogen and oxygen atoms in total. The Morgan fingerprint density at radius 3 is 2.09 bits per heavy atom. The lowest BCUT2D eigenvalue weighted by Gasteiger charge is -2.47. The van der Waals surface area contributed by atoms with E-state index in [1.54, 1.807) is 39.0 Å². The number of allylic oxidation sites excluding steroid dienone is 6. The summed E-state index contributed by atoms with van der Waals surface area (Å²) in [7, 11) is 0. The van der Waals surface area contributed by atoms with Crippen LogP contribution in [0.2, 0.25) is 0 Å². The molecule has 5 aliphatic carbocycles. The summed E-state index contributed by atoms with van der Waals surface area (Å²) in [5, 5.41) is 2.92. The van der Waals surface area contributed by atoms with Crippen LogP contribution in [0.15, 0.2) is 90.0 Å². The van der Waals surface area contributed by atoms with Crippen molar-refractivity contribution in [1.29, 1.82) is 0 Å². The van der Waals surface area contributed by atoms with E-state index in [0.29, 0.717) is 17.8 Å². The summed E-state index contributed by atoms with van der Waals surface area (Å²) in [4.78, 5) is 0. The third-order valence-electron chi connectivity index (χ3n) is 13.3. The molecule has 0 radical (unpaired) electrons. The minimum Gasteiger partial charge on any atom is -0.0681 e. The first-order chi connectivity index (χ1) is 22.5. The second-order valence-corrected chi connectivity index (χ2v) is 17.1. The fourth-order valence-electron chi connectivity index (χ4n) is 11.8. The van der Waals surface area contributed by atoms with Gasteiger partial charge in [-0.05, 0) is 122 Å². The molecule has 1 spiro atoms. The molecule has 5 aliphatic rings. The van der Waals surface area contributed by atoms with Crippen LogP contribution in [0.25, 0.3) is 33.0 Å². The van der Waals surface area contributed by atoms with Gasteiger partial charge in [-0.2, -0.15) is 0 Å². The molecule has 2 unspecified atom stereocenters. The number of hydrogen-bond donors (Lipinski definition) is 0. The minimum atomic E-state index is -0.170. The average Bonchev–Trinajstić information content (AvgIpc) is 3.56. The van der Waals surface area contributed by atoms with Crippen molar-refractivity contribution in [3.05, 3.63) is 129 Å². The van der Waals surface area contributed by atoms with E-state index in [4.69, 9.17) is 0 Å². The van der Waals surface area contributed by atoms with Crippen LogP contribution in [0.3, 0.4) is 0 Å². The highest BCUT2D eigenvalue weighted by molar-refractivity contribution is 6.13. The zero-order chi connectivity index (χ0) is 32.6. The molecule has 0 heteroatoms. The normalized spacial score (nSPS) is 25.1. The fourth-order valence-corrected chi connectivity index (χ4v) is 11.8. The Hall–Kier alpha value is -3.64. The van der Waals surface area contributed by atoms with Crippen LogP contribution in [0.5, 0.6) is 0 Å². The molecule has 4 aromatic carbocycles. The van der Waals surface area contributed by atoms with Gasteiger partial charge in [0, 0.05) is 16.2 Å². The predicted octanol–water partition coefficient (Wildman–Crippen LogP) is 12.8. The second kappa shape index (κ2) is 9.72. The van der Waals surface area contributed by atoms with E-state index in [1.165, 1.54) is 76.3 Å². The Morgan fingerprint density at radius 2 is 1.34 bits per heavy atom. The van der Waals surface area contributed by atoms with Gasteiger partial charge in [0.15, 0.2) is 0 Å². The maximum absolute atomic E-state index is 2.74. The average molecular weight is 615 g/mol. The molecular formula is C47H50. The van der Waals surface area contributed by atoms with E-state index in [-0.39, 0.29) is 16.2 Å². The van der Waals surface area contributed by atoms with E-state index in [1.807, 2.05) is 0 Å². The minimum absolute atomic E-state index is 0.0282. The van der Waals surface area contributed by atoms with Crippen molar-refractivity contribution in [3.63, 3.8) is 0 Å². The van der Waals surface area contributed by atoms with E-state index < -0.39 is 0 Å². The maximum atomic E-state index is 2.74. The van der Waals surface area contributed by atoms with Gasteiger partial charge in [-0.15, -0.1) is 0 Å². The molecule has 238 valence electrons. The Kier molecular flexibility index (Phi) is 6.10. The zero-order valence-electron chi connectivity index (χ0n) is 29.8. The van der Waals surface area contributed by atoms with Crippen molar-refractivity contribution in [2.75, 3.05) is 0 Å². The summed E-state index contributed by atoms with van der Waals surface area (Å²) in [6, 6.07) is 26.5. The van der Waals surface area contributed by atoms with Crippen molar-refractivity contribution in [2.45, 2.75) is 110 Å².